The van der Waals surface area contributed by atoms with Crippen LogP contribution in [0.25, 0.3) is 0 Å². The summed E-state index contributed by atoms with van der Waals surface area (Å²) in [6, 6.07) is 5.98. The van der Waals surface area contributed by atoms with Crippen LogP contribution in [-0.2, 0) is 22.5 Å². The summed E-state index contributed by atoms with van der Waals surface area (Å²) in [6.07, 6.45) is 1.64. The van der Waals surface area contributed by atoms with Gasteiger partial charge in [-0.25, -0.2) is 0 Å². The van der Waals surface area contributed by atoms with Crippen LogP contribution in [0, 0.1) is 5.92 Å². The van der Waals surface area contributed by atoms with Gasteiger partial charge in [0.1, 0.15) is 6.10 Å². The summed E-state index contributed by atoms with van der Waals surface area (Å²) in [5.74, 6) is 0.466. The molecule has 4 nitrogen and oxygen atoms in total. The van der Waals surface area contributed by atoms with E-state index in [0.29, 0.717) is 19.1 Å². The number of carbonyl (C=O) groups is 1. The third kappa shape index (κ3) is 2.32. The molecule has 4 heteroatoms. The van der Waals surface area contributed by atoms with Gasteiger partial charge in [-0.2, -0.15) is 0 Å². The Bertz CT molecular complexity index is 501. The summed E-state index contributed by atoms with van der Waals surface area (Å²) in [5.41, 5.74) is 9.06. The van der Waals surface area contributed by atoms with Crippen LogP contribution >= 0.6 is 0 Å². The summed E-state index contributed by atoms with van der Waals surface area (Å²) in [5, 5.41) is 0. The van der Waals surface area contributed by atoms with Crippen molar-refractivity contribution in [3.63, 3.8) is 0 Å². The van der Waals surface area contributed by atoms with Crippen molar-refractivity contribution in [1.29, 1.82) is 0 Å². The molecule has 2 aliphatic rings. The minimum Gasteiger partial charge on any atom is -0.399 e. The van der Waals surface area contributed by atoms with Gasteiger partial charge < -0.3 is 15.4 Å². The molecule has 1 saturated heterocycles. The molecule has 2 unspecified atom stereocenters. The molecule has 0 spiro atoms. The first-order chi connectivity index (χ1) is 9.15. The first kappa shape index (κ1) is 12.5. The highest BCUT2D eigenvalue weighted by Gasteiger charge is 2.35. The third-order valence-corrected chi connectivity index (χ3v) is 4.19. The predicted octanol–water partition coefficient (Wildman–Crippen LogP) is 1.58. The Hall–Kier alpha value is -1.55. The smallest absolute Gasteiger partial charge is 0.252 e. The van der Waals surface area contributed by atoms with Crippen molar-refractivity contribution in [2.45, 2.75) is 32.4 Å². The molecular weight excluding hydrogens is 240 g/mol. The fourth-order valence-electron chi connectivity index (χ4n) is 2.96. The molecule has 1 aromatic rings. The maximum atomic E-state index is 12.5. The van der Waals surface area contributed by atoms with E-state index in [4.69, 9.17) is 10.5 Å². The Labute approximate surface area is 113 Å². The Morgan fingerprint density at radius 3 is 3.00 bits per heavy atom. The number of nitrogens with two attached hydrogens (primary N) is 1. The average Bonchev–Trinajstić information content (AvgIpc) is 2.83. The van der Waals surface area contributed by atoms with Crippen molar-refractivity contribution in [3.05, 3.63) is 29.3 Å². The predicted molar refractivity (Wildman–Crippen MR) is 73.5 cm³/mol. The Balaban J connectivity index is 1.76. The molecule has 2 aliphatic heterocycles. The molecule has 2 N–H and O–H groups in total. The van der Waals surface area contributed by atoms with E-state index in [1.54, 1.807) is 0 Å². The maximum absolute atomic E-state index is 12.5. The zero-order valence-electron chi connectivity index (χ0n) is 11.3. The van der Waals surface area contributed by atoms with E-state index in [9.17, 15) is 4.79 Å². The molecule has 1 aromatic carbocycles. The molecule has 0 saturated carbocycles. The standard InChI is InChI=1S/C15H20N2O2/c1-10-5-7-19-14(10)15(18)17-6-4-11-2-3-13(16)8-12(11)9-17/h2-3,8,10,14H,4-7,9,16H2,1H3. The highest BCUT2D eigenvalue weighted by molar-refractivity contribution is 5.81. The lowest BCUT2D eigenvalue weighted by Crippen LogP contribution is -2.43. The molecule has 1 amide bonds. The van der Waals surface area contributed by atoms with Gasteiger partial charge in [-0.15, -0.1) is 0 Å². The zero-order valence-corrected chi connectivity index (χ0v) is 11.3. The van der Waals surface area contributed by atoms with Crippen LogP contribution in [0.1, 0.15) is 24.5 Å². The molecule has 0 bridgehead atoms. The van der Waals surface area contributed by atoms with Gasteiger partial charge >= 0.3 is 0 Å². The summed E-state index contributed by atoms with van der Waals surface area (Å²) < 4.78 is 5.58. The van der Waals surface area contributed by atoms with Crippen molar-refractivity contribution >= 4 is 11.6 Å². The Morgan fingerprint density at radius 2 is 2.26 bits per heavy atom. The van der Waals surface area contributed by atoms with Gasteiger partial charge in [0.15, 0.2) is 0 Å². The van der Waals surface area contributed by atoms with Gasteiger partial charge in [-0.1, -0.05) is 13.0 Å². The number of hydrogen-bond acceptors (Lipinski definition) is 3. The lowest BCUT2D eigenvalue weighted by Gasteiger charge is -2.31. The number of hydrogen-bond donors (Lipinski definition) is 1. The third-order valence-electron chi connectivity index (χ3n) is 4.19. The van der Waals surface area contributed by atoms with Gasteiger partial charge in [0, 0.05) is 25.4 Å². The average molecular weight is 260 g/mol. The topological polar surface area (TPSA) is 55.6 Å². The van der Waals surface area contributed by atoms with Crippen LogP contribution < -0.4 is 5.73 Å². The summed E-state index contributed by atoms with van der Waals surface area (Å²) in [4.78, 5) is 14.4. The van der Waals surface area contributed by atoms with E-state index in [0.717, 1.165) is 25.1 Å². The summed E-state index contributed by atoms with van der Waals surface area (Å²) in [6.45, 7) is 4.23. The van der Waals surface area contributed by atoms with Crippen LogP contribution in [0.3, 0.4) is 0 Å². The normalized spacial score (nSPS) is 26.3. The number of nitrogen functional groups attached to an aromatic ring is 1. The molecule has 19 heavy (non-hydrogen) atoms. The number of fused-ring (bicyclic) bond motifs is 1. The van der Waals surface area contributed by atoms with Crippen molar-refractivity contribution < 1.29 is 9.53 Å². The monoisotopic (exact) mass is 260 g/mol. The molecule has 102 valence electrons. The van der Waals surface area contributed by atoms with Crippen LogP contribution in [0.4, 0.5) is 5.69 Å². The molecular formula is C15H20N2O2. The number of rotatable bonds is 1. The fourth-order valence-corrected chi connectivity index (χ4v) is 2.96. The SMILES string of the molecule is CC1CCOC1C(=O)N1CCc2ccc(N)cc2C1. The number of ether oxygens (including phenoxy) is 1. The molecule has 3 rings (SSSR count). The van der Waals surface area contributed by atoms with E-state index in [-0.39, 0.29) is 12.0 Å². The van der Waals surface area contributed by atoms with Crippen LogP contribution in [0.15, 0.2) is 18.2 Å². The first-order valence-electron chi connectivity index (χ1n) is 6.93. The van der Waals surface area contributed by atoms with Gasteiger partial charge in [0.25, 0.3) is 5.91 Å². The van der Waals surface area contributed by atoms with Crippen molar-refractivity contribution in [2.75, 3.05) is 18.9 Å². The van der Waals surface area contributed by atoms with Crippen molar-refractivity contribution in [1.82, 2.24) is 4.90 Å². The summed E-state index contributed by atoms with van der Waals surface area (Å²) in [7, 11) is 0. The molecule has 1 fully saturated rings. The van der Waals surface area contributed by atoms with Crippen molar-refractivity contribution in [2.24, 2.45) is 5.92 Å². The van der Waals surface area contributed by atoms with Gasteiger partial charge in [0.05, 0.1) is 0 Å². The minimum absolute atomic E-state index is 0.137. The summed E-state index contributed by atoms with van der Waals surface area (Å²) >= 11 is 0. The largest absolute Gasteiger partial charge is 0.399 e. The van der Waals surface area contributed by atoms with E-state index in [2.05, 4.69) is 13.0 Å². The number of benzene rings is 1. The Morgan fingerprint density at radius 1 is 1.42 bits per heavy atom. The lowest BCUT2D eigenvalue weighted by atomic mass is 9.97. The Kier molecular flexibility index (Phi) is 3.19. The molecule has 0 aliphatic carbocycles. The number of anilines is 1. The van der Waals surface area contributed by atoms with Gasteiger partial charge in [0.2, 0.25) is 0 Å². The highest BCUT2D eigenvalue weighted by Crippen LogP contribution is 2.26. The molecule has 2 heterocycles. The fraction of sp³-hybridized carbons (Fsp3) is 0.533. The van der Waals surface area contributed by atoms with E-state index in [1.165, 1.54) is 11.1 Å². The highest BCUT2D eigenvalue weighted by atomic mass is 16.5. The van der Waals surface area contributed by atoms with Crippen LogP contribution in [-0.4, -0.2) is 30.1 Å². The van der Waals surface area contributed by atoms with Crippen LogP contribution in [0.5, 0.6) is 0 Å². The second-order valence-electron chi connectivity index (χ2n) is 5.60. The first-order valence-corrected chi connectivity index (χ1v) is 6.93. The lowest BCUT2D eigenvalue weighted by molar-refractivity contribution is -0.143. The number of nitrogens with zero attached hydrogens (tertiary/aromatic N) is 1. The quantitative estimate of drug-likeness (QED) is 0.780. The number of amides is 1. The van der Waals surface area contributed by atoms with Gasteiger partial charge in [-0.3, -0.25) is 4.79 Å². The van der Waals surface area contributed by atoms with E-state index < -0.39 is 0 Å². The van der Waals surface area contributed by atoms with E-state index >= 15 is 0 Å². The number of carbonyl (C=O) groups excluding carboxylic acids is 1. The van der Waals surface area contributed by atoms with Crippen LogP contribution in [0.2, 0.25) is 0 Å². The minimum atomic E-state index is -0.248. The van der Waals surface area contributed by atoms with Crippen molar-refractivity contribution in [3.8, 4) is 0 Å². The molecule has 0 radical (unpaired) electrons. The second-order valence-corrected chi connectivity index (χ2v) is 5.60. The van der Waals surface area contributed by atoms with Gasteiger partial charge in [-0.05, 0) is 42.0 Å². The molecule has 2 atom stereocenters. The second kappa shape index (κ2) is 4.85. The molecule has 0 aromatic heterocycles. The maximum Gasteiger partial charge on any atom is 0.252 e. The van der Waals surface area contributed by atoms with E-state index in [1.807, 2.05) is 17.0 Å². The zero-order chi connectivity index (χ0) is 13.4.